The first-order valence-electron chi connectivity index (χ1n) is 16.7. The highest BCUT2D eigenvalue weighted by Gasteiger charge is 2.76. The maximum Gasteiger partial charge on any atom is 0.354 e. The zero-order valence-corrected chi connectivity index (χ0v) is 28.3. The molecule has 3 atom stereocenters. The number of carbonyl (C=O) groups is 1. The van der Waals surface area contributed by atoms with E-state index in [9.17, 15) is 0 Å². The number of nitrogens with zero attached hydrogens (tertiary/aromatic N) is 3. The lowest BCUT2D eigenvalue weighted by Gasteiger charge is -2.36. The number of benzene rings is 5. The van der Waals surface area contributed by atoms with Crippen LogP contribution in [0.4, 0.5) is 0 Å². The zero-order valence-electron chi connectivity index (χ0n) is 28.3. The molecule has 6 nitrogen and oxygen atoms in total. The van der Waals surface area contributed by atoms with Crippen LogP contribution in [0.5, 0.6) is 0 Å². The predicted octanol–water partition coefficient (Wildman–Crippen LogP) is 8.86. The highest BCUT2D eigenvalue weighted by Crippen LogP contribution is 2.67. The third kappa shape index (κ3) is 4.51. The number of fused-ring (bicyclic) bond motifs is 1. The van der Waals surface area contributed by atoms with E-state index in [2.05, 4.69) is 111 Å². The second-order valence-electron chi connectivity index (χ2n) is 13.4. The lowest BCUT2D eigenvalue weighted by Crippen LogP contribution is -2.45. The maximum absolute atomic E-state index is 15.0. The molecule has 0 saturated carbocycles. The summed E-state index contributed by atoms with van der Waals surface area (Å²) in [5.74, 6) is 0.198. The zero-order chi connectivity index (χ0) is 33.9. The SMILES string of the molecule is Cc1ccc(/C=C2\[C@@]3(C(=O)ON=C3c3ccccc3)[C@@H](c3ccc(C)cc3)N3C(c4c(C)cc(C)cc4C)=NO[C@@]23c2ccccc2)cc1. The first kappa shape index (κ1) is 30.6. The van der Waals surface area contributed by atoms with E-state index in [0.29, 0.717) is 17.1 Å². The van der Waals surface area contributed by atoms with Gasteiger partial charge < -0.3 is 9.68 Å². The van der Waals surface area contributed by atoms with Crippen LogP contribution in [0.1, 0.15) is 61.7 Å². The van der Waals surface area contributed by atoms with E-state index in [-0.39, 0.29) is 0 Å². The van der Waals surface area contributed by atoms with Crippen molar-refractivity contribution in [1.29, 1.82) is 0 Å². The molecule has 0 radical (unpaired) electrons. The summed E-state index contributed by atoms with van der Waals surface area (Å²) < 4.78 is 0. The fourth-order valence-corrected chi connectivity index (χ4v) is 8.02. The molecule has 49 heavy (non-hydrogen) atoms. The summed E-state index contributed by atoms with van der Waals surface area (Å²) in [6.45, 7) is 10.4. The van der Waals surface area contributed by atoms with E-state index in [1.165, 1.54) is 5.56 Å². The van der Waals surface area contributed by atoms with Crippen molar-refractivity contribution in [2.45, 2.75) is 46.4 Å². The van der Waals surface area contributed by atoms with Crippen LogP contribution in [0, 0.1) is 40.0 Å². The van der Waals surface area contributed by atoms with Crippen LogP contribution in [-0.4, -0.2) is 22.4 Å². The van der Waals surface area contributed by atoms with Gasteiger partial charge in [-0.15, -0.1) is 0 Å². The number of rotatable bonds is 5. The molecule has 1 fully saturated rings. The Morgan fingerprint density at radius 3 is 1.92 bits per heavy atom. The quantitative estimate of drug-likeness (QED) is 0.180. The smallest absolute Gasteiger partial charge is 0.354 e. The Hall–Kier alpha value is -5.75. The molecule has 5 aromatic rings. The Morgan fingerprint density at radius 2 is 1.29 bits per heavy atom. The number of amidine groups is 1. The van der Waals surface area contributed by atoms with Gasteiger partial charge in [0.25, 0.3) is 5.72 Å². The summed E-state index contributed by atoms with van der Waals surface area (Å²) in [6.07, 6.45) is 2.09. The molecule has 0 unspecified atom stereocenters. The van der Waals surface area contributed by atoms with Gasteiger partial charge in [0.15, 0.2) is 11.3 Å². The molecule has 3 heterocycles. The van der Waals surface area contributed by atoms with E-state index in [4.69, 9.17) is 14.8 Å². The lowest BCUT2D eigenvalue weighted by molar-refractivity contribution is -0.147. The highest BCUT2D eigenvalue weighted by molar-refractivity contribution is 6.23. The van der Waals surface area contributed by atoms with E-state index < -0.39 is 23.2 Å². The van der Waals surface area contributed by atoms with Gasteiger partial charge in [0.2, 0.25) is 0 Å². The van der Waals surface area contributed by atoms with Crippen LogP contribution < -0.4 is 0 Å². The van der Waals surface area contributed by atoms with Crippen molar-refractivity contribution in [1.82, 2.24) is 4.90 Å². The molecule has 0 aromatic heterocycles. The van der Waals surface area contributed by atoms with Crippen molar-refractivity contribution in [3.63, 3.8) is 0 Å². The summed E-state index contributed by atoms with van der Waals surface area (Å²) in [5.41, 5.74) is 8.47. The Balaban J connectivity index is 1.54. The number of oxime groups is 2. The van der Waals surface area contributed by atoms with Crippen LogP contribution in [0.15, 0.2) is 137 Å². The van der Waals surface area contributed by atoms with E-state index >= 15 is 4.79 Å². The predicted molar refractivity (Wildman–Crippen MR) is 193 cm³/mol. The third-order valence-electron chi connectivity index (χ3n) is 10.1. The van der Waals surface area contributed by atoms with Gasteiger partial charge in [0.05, 0.1) is 6.04 Å². The molecule has 3 aliphatic heterocycles. The minimum absolute atomic E-state index is 0.458. The van der Waals surface area contributed by atoms with Gasteiger partial charge >= 0.3 is 5.97 Å². The average molecular weight is 644 g/mol. The monoisotopic (exact) mass is 643 g/mol. The van der Waals surface area contributed by atoms with Crippen molar-refractivity contribution < 1.29 is 14.5 Å². The van der Waals surface area contributed by atoms with Crippen LogP contribution in [0.2, 0.25) is 0 Å². The lowest BCUT2D eigenvalue weighted by atomic mass is 9.66. The van der Waals surface area contributed by atoms with Gasteiger partial charge in [-0.25, -0.2) is 4.79 Å². The third-order valence-corrected chi connectivity index (χ3v) is 10.1. The fraction of sp³-hybridized carbons (Fsp3) is 0.186. The Morgan fingerprint density at radius 1 is 0.694 bits per heavy atom. The van der Waals surface area contributed by atoms with Gasteiger partial charge in [-0.1, -0.05) is 148 Å². The molecule has 6 heteroatoms. The van der Waals surface area contributed by atoms with E-state index in [1.807, 2.05) is 60.7 Å². The van der Waals surface area contributed by atoms with Gasteiger partial charge in [0, 0.05) is 22.3 Å². The molecule has 0 aliphatic carbocycles. The highest BCUT2D eigenvalue weighted by atomic mass is 16.7. The van der Waals surface area contributed by atoms with Crippen LogP contribution >= 0.6 is 0 Å². The Kier molecular flexibility index (Phi) is 7.14. The maximum atomic E-state index is 15.0. The second kappa shape index (κ2) is 11.4. The van der Waals surface area contributed by atoms with Crippen molar-refractivity contribution in [2.75, 3.05) is 0 Å². The first-order valence-corrected chi connectivity index (χ1v) is 16.7. The van der Waals surface area contributed by atoms with Gasteiger partial charge in [-0.2, -0.15) is 0 Å². The van der Waals surface area contributed by atoms with Gasteiger partial charge in [0.1, 0.15) is 5.71 Å². The number of aryl methyl sites for hydroxylation is 5. The van der Waals surface area contributed by atoms with Crippen LogP contribution in [-0.2, 0) is 20.2 Å². The summed E-state index contributed by atoms with van der Waals surface area (Å²) in [7, 11) is 0. The molecular weight excluding hydrogens is 606 g/mol. The minimum atomic E-state index is -1.43. The second-order valence-corrected chi connectivity index (χ2v) is 13.4. The molecule has 5 aromatic carbocycles. The standard InChI is InChI=1S/C43H37N3O3/c1-27-16-20-32(21-17-27)26-36-42(38(44-48-41(42)47)33-12-8-6-9-13-33)39(34-22-18-28(2)19-23-34)46-40(37-30(4)24-29(3)25-31(37)5)45-49-43(36,46)35-14-10-7-11-15-35/h6-26,39H,1-5H3/b36-26+/t39-,42+,43+/m1/s1. The minimum Gasteiger partial charge on any atom is -0.355 e. The van der Waals surface area contributed by atoms with E-state index in [0.717, 1.165) is 50.1 Å². The molecular formula is C43H37N3O3. The van der Waals surface area contributed by atoms with Crippen molar-refractivity contribution >= 4 is 23.6 Å². The summed E-state index contributed by atoms with van der Waals surface area (Å²) in [6, 6.07) is 40.3. The van der Waals surface area contributed by atoms with Crippen LogP contribution in [0.25, 0.3) is 6.08 Å². The molecule has 8 rings (SSSR count). The Labute approximate surface area is 287 Å². The molecule has 1 spiro atoms. The average Bonchev–Trinajstić information content (AvgIpc) is 3.72. The molecule has 0 bridgehead atoms. The normalized spacial score (nSPS) is 23.4. The molecule has 0 N–H and O–H groups in total. The van der Waals surface area contributed by atoms with Crippen molar-refractivity contribution in [3.8, 4) is 0 Å². The van der Waals surface area contributed by atoms with Crippen molar-refractivity contribution in [2.24, 2.45) is 15.7 Å². The van der Waals surface area contributed by atoms with E-state index in [1.54, 1.807) is 0 Å². The summed E-state index contributed by atoms with van der Waals surface area (Å²) in [4.78, 5) is 30.0. The summed E-state index contributed by atoms with van der Waals surface area (Å²) in [5, 5.41) is 9.60. The first-order chi connectivity index (χ1) is 23.7. The van der Waals surface area contributed by atoms with Gasteiger partial charge in [-0.05, 0) is 62.9 Å². The largest absolute Gasteiger partial charge is 0.355 e. The Bertz CT molecular complexity index is 2160. The number of carbonyl (C=O) groups excluding carboxylic acids is 1. The number of hydrogen-bond donors (Lipinski definition) is 0. The van der Waals surface area contributed by atoms with Crippen molar-refractivity contribution in [3.05, 3.63) is 183 Å². The summed E-state index contributed by atoms with van der Waals surface area (Å²) >= 11 is 0. The molecule has 1 saturated heterocycles. The molecule has 242 valence electrons. The molecule has 0 amide bonds. The molecule has 3 aliphatic rings. The topological polar surface area (TPSA) is 63.5 Å². The van der Waals surface area contributed by atoms with Crippen LogP contribution in [0.3, 0.4) is 0 Å². The van der Waals surface area contributed by atoms with Gasteiger partial charge in [-0.3, -0.25) is 4.90 Å². The fourth-order valence-electron chi connectivity index (χ4n) is 8.02. The number of hydrogen-bond acceptors (Lipinski definition) is 6.